The molecule has 2 aliphatic carbocycles. The Hall–Kier alpha value is -3.51. The summed E-state index contributed by atoms with van der Waals surface area (Å²) in [6.45, 7) is 10.6. The summed E-state index contributed by atoms with van der Waals surface area (Å²) in [6, 6.07) is 42.3. The summed E-state index contributed by atoms with van der Waals surface area (Å²) in [4.78, 5) is 0. The topological polar surface area (TPSA) is 0 Å². The zero-order valence-electron chi connectivity index (χ0n) is 27.2. The van der Waals surface area contributed by atoms with Crippen LogP contribution in [0.5, 0.6) is 0 Å². The Morgan fingerprint density at radius 3 is 2.11 bits per heavy atom. The van der Waals surface area contributed by atoms with Crippen molar-refractivity contribution in [1.29, 1.82) is 0 Å². The van der Waals surface area contributed by atoms with E-state index in [-0.39, 0.29) is 0 Å². The Bertz CT molecular complexity index is 1720. The van der Waals surface area contributed by atoms with E-state index in [1.54, 1.807) is 0 Å². The molecule has 0 spiro atoms. The first-order valence-electron chi connectivity index (χ1n) is 15.8. The standard InChI is InChI=1S/C31H29.C7H6Cl.C5H5.CH2.Zr/c1-21(2)29(24-10-6-4-7-11-24)18-23-14-15-28-26(17-23)19-27-20-30(22(3)16-31(27)28)25-12-8-5-9-13-25;1-6-3-2-4-7(8)5-6;1-2-4-5-3-1;;/h4-16,20-21,29H,18-19H2,1-3H3;2-5H,1H2;1-3H,4H2;1H2;/q3*-1;;. The number of halogens is 1. The van der Waals surface area contributed by atoms with Gasteiger partial charge in [0, 0.05) is 0 Å². The average Bonchev–Trinajstić information content (AvgIpc) is 3.77. The molecule has 0 aliphatic heterocycles. The Balaban J connectivity index is 0.000000263. The minimum absolute atomic E-state index is 0.520. The first kappa shape index (κ1) is 35.3. The molecule has 0 saturated heterocycles. The second-order valence-electron chi connectivity index (χ2n) is 11.8. The molecule has 0 radical (unpaired) electrons. The molecule has 2 heteroatoms. The molecule has 7 rings (SSSR count). The van der Waals surface area contributed by atoms with Crippen molar-refractivity contribution >= 4 is 15.8 Å². The van der Waals surface area contributed by atoms with Gasteiger partial charge in [0.1, 0.15) is 0 Å². The number of fused-ring (bicyclic) bond motifs is 3. The summed E-state index contributed by atoms with van der Waals surface area (Å²) in [7, 11) is 0. The van der Waals surface area contributed by atoms with Gasteiger partial charge in [0.05, 0.1) is 0 Å². The van der Waals surface area contributed by atoms with Gasteiger partial charge in [-0.25, -0.2) is 12.2 Å². The third-order valence-electron chi connectivity index (χ3n) is 8.23. The van der Waals surface area contributed by atoms with E-state index in [1.807, 2.05) is 36.4 Å². The quantitative estimate of drug-likeness (QED) is 0.157. The molecular formula is C44H42ClZr-3. The normalized spacial score (nSPS) is 12.4. The van der Waals surface area contributed by atoms with Crippen LogP contribution in [0, 0.1) is 31.9 Å². The zero-order valence-corrected chi connectivity index (χ0v) is 30.4. The molecule has 0 bridgehead atoms. The molecule has 0 saturated carbocycles. The van der Waals surface area contributed by atoms with Crippen molar-refractivity contribution in [2.45, 2.75) is 46.0 Å². The van der Waals surface area contributed by atoms with Crippen molar-refractivity contribution in [3.05, 3.63) is 185 Å². The van der Waals surface area contributed by atoms with Gasteiger partial charge in [-0.15, -0.1) is 29.7 Å². The van der Waals surface area contributed by atoms with Gasteiger partial charge in [-0.1, -0.05) is 110 Å². The van der Waals surface area contributed by atoms with E-state index < -0.39 is 0 Å². The number of allylic oxidation sites excluding steroid dienone is 4. The monoisotopic (exact) mass is 695 g/mol. The number of hydrogen-bond donors (Lipinski definition) is 0. The van der Waals surface area contributed by atoms with Gasteiger partial charge >= 0.3 is 28.4 Å². The van der Waals surface area contributed by atoms with Crippen molar-refractivity contribution in [3.63, 3.8) is 0 Å². The van der Waals surface area contributed by atoms with Crippen LogP contribution in [0.3, 0.4) is 0 Å². The average molecular weight is 697 g/mol. The van der Waals surface area contributed by atoms with E-state index in [2.05, 4.69) is 135 Å². The second kappa shape index (κ2) is 18.0. The summed E-state index contributed by atoms with van der Waals surface area (Å²) in [5.41, 5.74) is 13.2. The molecule has 1 atom stereocenters. The molecular weight excluding hydrogens is 655 g/mol. The Labute approximate surface area is 297 Å². The Kier molecular flexibility index (Phi) is 13.8. The molecule has 2 aliphatic rings. The van der Waals surface area contributed by atoms with Crippen molar-refractivity contribution in [2.75, 3.05) is 0 Å². The maximum absolute atomic E-state index is 5.60. The molecule has 46 heavy (non-hydrogen) atoms. The van der Waals surface area contributed by atoms with Crippen LogP contribution in [0.1, 0.15) is 59.6 Å². The fraction of sp³-hybridized carbons (Fsp3) is 0.182. The van der Waals surface area contributed by atoms with E-state index in [9.17, 15) is 0 Å². The van der Waals surface area contributed by atoms with Crippen LogP contribution in [0.2, 0.25) is 5.02 Å². The van der Waals surface area contributed by atoms with Crippen molar-refractivity contribution in [3.8, 4) is 22.3 Å². The Morgan fingerprint density at radius 2 is 1.54 bits per heavy atom. The first-order chi connectivity index (χ1) is 22.4. The van der Waals surface area contributed by atoms with E-state index in [1.165, 1.54) is 74.3 Å². The van der Waals surface area contributed by atoms with Gasteiger partial charge < -0.3 is 0 Å². The van der Waals surface area contributed by atoms with Crippen LogP contribution >= 0.6 is 11.6 Å². The second-order valence-corrected chi connectivity index (χ2v) is 12.3. The summed E-state index contributed by atoms with van der Waals surface area (Å²) in [5, 5.41) is 0.748. The molecule has 232 valence electrons. The van der Waals surface area contributed by atoms with E-state index >= 15 is 0 Å². The van der Waals surface area contributed by atoms with Gasteiger partial charge in [-0.2, -0.15) is 48.4 Å². The van der Waals surface area contributed by atoms with Crippen LogP contribution < -0.4 is 0 Å². The van der Waals surface area contributed by atoms with Gasteiger partial charge in [-0.3, -0.25) is 6.08 Å². The number of rotatable bonds is 5. The minimum atomic E-state index is 0.520. The van der Waals surface area contributed by atoms with Crippen LogP contribution in [0.25, 0.3) is 22.3 Å². The summed E-state index contributed by atoms with van der Waals surface area (Å²) in [6.07, 6.45) is 12.0. The third kappa shape index (κ3) is 9.75. The molecule has 0 nitrogen and oxygen atoms in total. The third-order valence-corrected chi connectivity index (χ3v) is 8.46. The van der Waals surface area contributed by atoms with Crippen LogP contribution in [-0.4, -0.2) is 4.21 Å². The van der Waals surface area contributed by atoms with Gasteiger partial charge in [-0.05, 0) is 64.4 Å². The molecule has 0 aromatic heterocycles. The van der Waals surface area contributed by atoms with Crippen LogP contribution in [0.4, 0.5) is 0 Å². The molecule has 0 heterocycles. The van der Waals surface area contributed by atoms with Crippen molar-refractivity contribution < 1.29 is 24.2 Å². The maximum atomic E-state index is 5.60. The van der Waals surface area contributed by atoms with Gasteiger partial charge in [0.2, 0.25) is 0 Å². The van der Waals surface area contributed by atoms with Crippen LogP contribution in [-0.2, 0) is 37.1 Å². The molecule has 0 amide bonds. The molecule has 0 fully saturated rings. The Morgan fingerprint density at radius 1 is 0.826 bits per heavy atom. The van der Waals surface area contributed by atoms with Gasteiger partial charge in [0.25, 0.3) is 0 Å². The molecule has 5 aromatic rings. The van der Waals surface area contributed by atoms with Crippen LogP contribution in [0.15, 0.2) is 127 Å². The summed E-state index contributed by atoms with van der Waals surface area (Å²) >= 11 is 6.90. The molecule has 1 unspecified atom stereocenters. The molecule has 0 N–H and O–H groups in total. The predicted octanol–water partition coefficient (Wildman–Crippen LogP) is 11.8. The van der Waals surface area contributed by atoms with Gasteiger partial charge in [0.15, 0.2) is 0 Å². The number of aryl methyl sites for hydroxylation is 1. The first-order valence-corrected chi connectivity index (χ1v) is 17.9. The van der Waals surface area contributed by atoms with Crippen molar-refractivity contribution in [2.24, 2.45) is 5.92 Å². The number of benzene rings is 5. The SMILES string of the molecule is Cc1cc2c(cc1-c1ccccc1)Cc1[c-]c(CC(c3ccccc3)C(C)C)ccc1-2.[C-]1=CC=CC1.[CH2-]c1cccc(Cl)c1.[CH2]=[Zr]. The fourth-order valence-electron chi connectivity index (χ4n) is 5.92. The van der Waals surface area contributed by atoms with E-state index in [4.69, 9.17) is 11.6 Å². The van der Waals surface area contributed by atoms with E-state index in [0.717, 1.165) is 29.8 Å². The zero-order chi connectivity index (χ0) is 32.9. The van der Waals surface area contributed by atoms with E-state index in [0.29, 0.717) is 11.8 Å². The summed E-state index contributed by atoms with van der Waals surface area (Å²) < 4.78 is 3.34. The number of hydrogen-bond acceptors (Lipinski definition) is 0. The predicted molar refractivity (Wildman–Crippen MR) is 196 cm³/mol. The molecule has 5 aromatic carbocycles. The summed E-state index contributed by atoms with van der Waals surface area (Å²) in [5.74, 6) is 1.11. The van der Waals surface area contributed by atoms with Crippen molar-refractivity contribution in [1.82, 2.24) is 0 Å². The fourth-order valence-corrected chi connectivity index (χ4v) is 6.13.